The summed E-state index contributed by atoms with van der Waals surface area (Å²) in [6.07, 6.45) is 4.43. The summed E-state index contributed by atoms with van der Waals surface area (Å²) in [7, 11) is 1.98. The van der Waals surface area contributed by atoms with Gasteiger partial charge in [-0.3, -0.25) is 4.68 Å². The number of aryl methyl sites for hydroxylation is 1. The molecule has 1 aliphatic rings. The molecule has 4 heteroatoms. The Labute approximate surface area is 113 Å². The Kier molecular flexibility index (Phi) is 3.53. The summed E-state index contributed by atoms with van der Waals surface area (Å²) < 4.78 is 7.70. The smallest absolute Gasteiger partial charge is 0.0729 e. The maximum atomic E-state index is 6.31. The molecule has 2 atom stereocenters. The number of nitrogens with two attached hydrogens (primary N) is 1. The molecule has 0 bridgehead atoms. The Bertz CT molecular complexity index is 558. The van der Waals surface area contributed by atoms with Crippen molar-refractivity contribution in [3.8, 4) is 0 Å². The molecule has 2 unspecified atom stereocenters. The van der Waals surface area contributed by atoms with E-state index in [1.165, 1.54) is 11.8 Å². The van der Waals surface area contributed by atoms with E-state index in [0.29, 0.717) is 0 Å². The number of benzene rings is 1. The van der Waals surface area contributed by atoms with Crippen molar-refractivity contribution in [3.05, 3.63) is 30.0 Å². The van der Waals surface area contributed by atoms with E-state index in [1.807, 2.05) is 17.8 Å². The number of hydrogen-bond acceptors (Lipinski definition) is 3. The first-order valence-corrected chi connectivity index (χ1v) is 7.03. The van der Waals surface area contributed by atoms with Gasteiger partial charge in [-0.25, -0.2) is 0 Å². The molecule has 0 saturated carbocycles. The van der Waals surface area contributed by atoms with Crippen LogP contribution in [0.5, 0.6) is 0 Å². The number of rotatable bonds is 3. The van der Waals surface area contributed by atoms with E-state index >= 15 is 0 Å². The van der Waals surface area contributed by atoms with E-state index in [0.717, 1.165) is 37.1 Å². The zero-order valence-corrected chi connectivity index (χ0v) is 11.4. The molecule has 1 saturated heterocycles. The van der Waals surface area contributed by atoms with E-state index in [9.17, 15) is 0 Å². The number of nitrogens with zero attached hydrogens (tertiary/aromatic N) is 2. The Hall–Kier alpha value is -1.39. The van der Waals surface area contributed by atoms with Crippen LogP contribution in [0, 0.1) is 0 Å². The van der Waals surface area contributed by atoms with Gasteiger partial charge in [-0.15, -0.1) is 0 Å². The third-order valence-electron chi connectivity index (χ3n) is 3.96. The van der Waals surface area contributed by atoms with E-state index in [-0.39, 0.29) is 12.1 Å². The van der Waals surface area contributed by atoms with Crippen LogP contribution in [0.2, 0.25) is 0 Å². The van der Waals surface area contributed by atoms with Crippen molar-refractivity contribution < 1.29 is 4.74 Å². The van der Waals surface area contributed by atoms with Crippen molar-refractivity contribution in [3.63, 3.8) is 0 Å². The lowest BCUT2D eigenvalue weighted by Gasteiger charge is -2.27. The van der Waals surface area contributed by atoms with Crippen LogP contribution in [-0.4, -0.2) is 28.5 Å². The maximum absolute atomic E-state index is 6.31. The predicted molar refractivity (Wildman–Crippen MR) is 76.0 cm³/mol. The average molecular weight is 259 g/mol. The second-order valence-corrected chi connectivity index (χ2v) is 5.36. The zero-order valence-electron chi connectivity index (χ0n) is 11.4. The molecular weight excluding hydrogens is 238 g/mol. The van der Waals surface area contributed by atoms with Gasteiger partial charge in [0.2, 0.25) is 0 Å². The molecule has 2 aromatic rings. The molecule has 3 rings (SSSR count). The van der Waals surface area contributed by atoms with Gasteiger partial charge in [0.25, 0.3) is 0 Å². The molecule has 102 valence electrons. The van der Waals surface area contributed by atoms with Crippen LogP contribution in [0.25, 0.3) is 10.9 Å². The first-order chi connectivity index (χ1) is 9.25. The number of para-hydroxylation sites is 1. The first kappa shape index (κ1) is 12.6. The molecule has 2 heterocycles. The van der Waals surface area contributed by atoms with Gasteiger partial charge < -0.3 is 10.5 Å². The summed E-state index contributed by atoms with van der Waals surface area (Å²) in [5.74, 6) is 0. The van der Waals surface area contributed by atoms with Crippen LogP contribution in [0.3, 0.4) is 0 Å². The van der Waals surface area contributed by atoms with Crippen molar-refractivity contribution in [1.29, 1.82) is 0 Å². The number of fused-ring (bicyclic) bond motifs is 1. The molecule has 19 heavy (non-hydrogen) atoms. The normalized spacial score (nSPS) is 21.7. The fraction of sp³-hybridized carbons (Fsp3) is 0.533. The van der Waals surface area contributed by atoms with E-state index < -0.39 is 0 Å². The van der Waals surface area contributed by atoms with E-state index in [2.05, 4.69) is 23.3 Å². The minimum absolute atomic E-state index is 0.0404. The molecule has 1 fully saturated rings. The number of hydrogen-bond donors (Lipinski definition) is 1. The molecule has 1 aromatic carbocycles. The van der Waals surface area contributed by atoms with Crippen LogP contribution in [0.1, 0.15) is 25.0 Å². The topological polar surface area (TPSA) is 53.1 Å². The molecule has 1 aromatic heterocycles. The second kappa shape index (κ2) is 5.31. The van der Waals surface area contributed by atoms with Crippen LogP contribution in [-0.2, 0) is 18.2 Å². The van der Waals surface area contributed by atoms with Crippen LogP contribution < -0.4 is 5.73 Å². The number of ether oxygens (including phenoxy) is 1. The molecular formula is C15H21N3O. The maximum Gasteiger partial charge on any atom is 0.0729 e. The predicted octanol–water partition coefficient (Wildman–Crippen LogP) is 2.01. The molecule has 1 aliphatic heterocycles. The largest absolute Gasteiger partial charge is 0.377 e. The van der Waals surface area contributed by atoms with Gasteiger partial charge in [-0.05, 0) is 25.3 Å². The summed E-state index contributed by atoms with van der Waals surface area (Å²) in [5.41, 5.74) is 8.55. The molecule has 0 amide bonds. The summed E-state index contributed by atoms with van der Waals surface area (Å²) >= 11 is 0. The fourth-order valence-electron chi connectivity index (χ4n) is 2.90. The van der Waals surface area contributed by atoms with E-state index in [1.54, 1.807) is 0 Å². The summed E-state index contributed by atoms with van der Waals surface area (Å²) in [4.78, 5) is 0. The first-order valence-electron chi connectivity index (χ1n) is 7.03. The molecule has 4 nitrogen and oxygen atoms in total. The highest BCUT2D eigenvalue weighted by Gasteiger charge is 2.23. The third kappa shape index (κ3) is 2.51. The third-order valence-corrected chi connectivity index (χ3v) is 3.96. The van der Waals surface area contributed by atoms with Gasteiger partial charge in [-0.2, -0.15) is 5.10 Å². The van der Waals surface area contributed by atoms with Crippen molar-refractivity contribution in [2.45, 2.75) is 37.8 Å². The Morgan fingerprint density at radius 1 is 1.42 bits per heavy atom. The minimum Gasteiger partial charge on any atom is -0.377 e. The standard InChI is InChI=1S/C15H21N3O/c1-18-14-7-3-2-6-11(14)13(17-18)10-12(16)15-8-4-5-9-19-15/h2-3,6-7,12,15H,4-5,8-10,16H2,1H3. The Morgan fingerprint density at radius 2 is 2.26 bits per heavy atom. The fourth-order valence-corrected chi connectivity index (χ4v) is 2.90. The highest BCUT2D eigenvalue weighted by Crippen LogP contribution is 2.21. The summed E-state index contributed by atoms with van der Waals surface area (Å²) in [6, 6.07) is 8.34. The van der Waals surface area contributed by atoms with Crippen LogP contribution >= 0.6 is 0 Å². The monoisotopic (exact) mass is 259 g/mol. The average Bonchev–Trinajstić information content (AvgIpc) is 2.77. The summed E-state index contributed by atoms with van der Waals surface area (Å²) in [5, 5.41) is 5.81. The highest BCUT2D eigenvalue weighted by atomic mass is 16.5. The lowest BCUT2D eigenvalue weighted by atomic mass is 9.98. The summed E-state index contributed by atoms with van der Waals surface area (Å²) in [6.45, 7) is 0.849. The molecule has 0 spiro atoms. The minimum atomic E-state index is 0.0404. The number of aromatic nitrogens is 2. The van der Waals surface area contributed by atoms with Crippen molar-refractivity contribution >= 4 is 10.9 Å². The van der Waals surface area contributed by atoms with Gasteiger partial charge >= 0.3 is 0 Å². The van der Waals surface area contributed by atoms with Crippen molar-refractivity contribution in [2.75, 3.05) is 6.61 Å². The van der Waals surface area contributed by atoms with Gasteiger partial charge in [-0.1, -0.05) is 18.2 Å². The van der Waals surface area contributed by atoms with Gasteiger partial charge in [0.05, 0.1) is 17.3 Å². The molecule has 0 radical (unpaired) electrons. The Balaban J connectivity index is 1.81. The van der Waals surface area contributed by atoms with Crippen LogP contribution in [0.15, 0.2) is 24.3 Å². The van der Waals surface area contributed by atoms with E-state index in [4.69, 9.17) is 10.5 Å². The van der Waals surface area contributed by atoms with Crippen molar-refractivity contribution in [2.24, 2.45) is 12.8 Å². The lowest BCUT2D eigenvalue weighted by molar-refractivity contribution is 0.000505. The second-order valence-electron chi connectivity index (χ2n) is 5.36. The van der Waals surface area contributed by atoms with Gasteiger partial charge in [0, 0.05) is 31.5 Å². The van der Waals surface area contributed by atoms with Gasteiger partial charge in [0.15, 0.2) is 0 Å². The Morgan fingerprint density at radius 3 is 3.05 bits per heavy atom. The molecule has 0 aliphatic carbocycles. The highest BCUT2D eigenvalue weighted by molar-refractivity contribution is 5.81. The van der Waals surface area contributed by atoms with Gasteiger partial charge in [0.1, 0.15) is 0 Å². The molecule has 2 N–H and O–H groups in total. The lowest BCUT2D eigenvalue weighted by Crippen LogP contribution is -2.40. The quantitative estimate of drug-likeness (QED) is 0.917. The van der Waals surface area contributed by atoms with Crippen molar-refractivity contribution in [1.82, 2.24) is 9.78 Å². The zero-order chi connectivity index (χ0) is 13.2. The van der Waals surface area contributed by atoms with Crippen LogP contribution in [0.4, 0.5) is 0 Å². The SMILES string of the molecule is Cn1nc(CC(N)C2CCCCO2)c2ccccc21.